The molecule has 0 spiro atoms. The molecule has 0 bridgehead atoms. The summed E-state index contributed by atoms with van der Waals surface area (Å²) < 4.78 is 0. The van der Waals surface area contributed by atoms with E-state index in [1.807, 2.05) is 0 Å². The number of nitrogens with one attached hydrogen (secondary N) is 1. The van der Waals surface area contributed by atoms with Crippen LogP contribution in [0.3, 0.4) is 0 Å². The van der Waals surface area contributed by atoms with Gasteiger partial charge in [-0.3, -0.25) is 4.90 Å². The number of rotatable bonds is 2. The molecule has 1 aromatic heterocycles. The summed E-state index contributed by atoms with van der Waals surface area (Å²) in [6.07, 6.45) is 0. The van der Waals surface area contributed by atoms with Crippen molar-refractivity contribution in [1.82, 2.24) is 15.2 Å². The molecule has 2 heterocycles. The third-order valence-electron chi connectivity index (χ3n) is 2.89. The molecule has 19 heavy (non-hydrogen) atoms. The predicted molar refractivity (Wildman–Crippen MR) is 90.7 cm³/mol. The Hall–Kier alpha value is 0.420. The molecule has 1 aliphatic rings. The summed E-state index contributed by atoms with van der Waals surface area (Å²) in [5.41, 5.74) is 1.40. The Morgan fingerprint density at radius 2 is 1.79 bits per heavy atom. The molecule has 2 rings (SSSR count). The fourth-order valence-corrected chi connectivity index (χ4v) is 2.85. The summed E-state index contributed by atoms with van der Waals surface area (Å²) in [6.45, 7) is 12.2. The highest BCUT2D eigenvalue weighted by atomic mass is 35.5. The fraction of sp³-hybridized carbons (Fsp3) is 0.750. The van der Waals surface area contributed by atoms with Crippen molar-refractivity contribution in [3.8, 4) is 0 Å². The summed E-state index contributed by atoms with van der Waals surface area (Å²) in [5.74, 6) is 0. The summed E-state index contributed by atoms with van der Waals surface area (Å²) in [4.78, 5) is 7.21. The molecular weight excluding hydrogens is 325 g/mol. The van der Waals surface area contributed by atoms with Crippen LogP contribution in [-0.4, -0.2) is 36.1 Å². The van der Waals surface area contributed by atoms with Gasteiger partial charge in [0.05, 0.1) is 12.2 Å². The Morgan fingerprint density at radius 1 is 1.21 bits per heavy atom. The fourth-order valence-electron chi connectivity index (χ4n) is 1.79. The molecule has 1 N–H and O–H groups in total. The largest absolute Gasteiger partial charge is 0.314 e. The van der Waals surface area contributed by atoms with E-state index in [0.29, 0.717) is 0 Å². The quantitative estimate of drug-likeness (QED) is 0.890. The lowest BCUT2D eigenvalue weighted by Gasteiger charge is -2.26. The van der Waals surface area contributed by atoms with Crippen LogP contribution in [0.4, 0.5) is 0 Å². The van der Waals surface area contributed by atoms with Gasteiger partial charge in [0.2, 0.25) is 0 Å². The molecule has 1 saturated heterocycles. The van der Waals surface area contributed by atoms with Gasteiger partial charge >= 0.3 is 0 Å². The molecule has 0 unspecified atom stereocenters. The van der Waals surface area contributed by atoms with Gasteiger partial charge < -0.3 is 5.32 Å². The van der Waals surface area contributed by atoms with Crippen molar-refractivity contribution in [3.05, 3.63) is 16.1 Å². The average molecular weight is 349 g/mol. The molecule has 0 radical (unpaired) electrons. The summed E-state index contributed by atoms with van der Waals surface area (Å²) in [6, 6.07) is 0. The van der Waals surface area contributed by atoms with E-state index >= 15 is 0 Å². The van der Waals surface area contributed by atoms with E-state index in [9.17, 15) is 0 Å². The maximum Gasteiger partial charge on any atom is 0.107 e. The van der Waals surface area contributed by atoms with Gasteiger partial charge in [-0.15, -0.1) is 48.6 Å². The standard InChI is InChI=1S/C12H21N3S.3ClH/c1-12(2,3)10-9-16-11(14-10)8-15-6-4-13-5-7-15;;;/h9,13H,4-8H2,1-3H3;3*1H. The molecule has 0 aliphatic carbocycles. The van der Waals surface area contributed by atoms with E-state index in [-0.39, 0.29) is 42.6 Å². The second-order valence-corrected chi connectivity index (χ2v) is 6.35. The van der Waals surface area contributed by atoms with E-state index in [0.717, 1.165) is 32.7 Å². The zero-order valence-electron chi connectivity index (χ0n) is 11.6. The molecule has 0 aromatic carbocycles. The van der Waals surface area contributed by atoms with Gasteiger partial charge in [0.25, 0.3) is 0 Å². The number of thiazole rings is 1. The van der Waals surface area contributed by atoms with Gasteiger partial charge in [-0.2, -0.15) is 0 Å². The number of halogens is 3. The Balaban J connectivity index is 0. The number of hydrogen-bond acceptors (Lipinski definition) is 4. The van der Waals surface area contributed by atoms with Crippen molar-refractivity contribution in [2.45, 2.75) is 32.7 Å². The Bertz CT molecular complexity index is 346. The second-order valence-electron chi connectivity index (χ2n) is 5.40. The molecule has 0 amide bonds. The first-order valence-electron chi connectivity index (χ1n) is 5.94. The van der Waals surface area contributed by atoms with Gasteiger partial charge in [0, 0.05) is 37.0 Å². The maximum absolute atomic E-state index is 4.73. The monoisotopic (exact) mass is 347 g/mol. The van der Waals surface area contributed by atoms with Crippen molar-refractivity contribution in [3.63, 3.8) is 0 Å². The first-order chi connectivity index (χ1) is 7.55. The molecule has 1 aromatic rings. The van der Waals surface area contributed by atoms with Crippen LogP contribution in [0.5, 0.6) is 0 Å². The van der Waals surface area contributed by atoms with Crippen molar-refractivity contribution < 1.29 is 0 Å². The van der Waals surface area contributed by atoms with Crippen LogP contribution in [0.25, 0.3) is 0 Å². The van der Waals surface area contributed by atoms with Crippen LogP contribution in [0.15, 0.2) is 5.38 Å². The zero-order chi connectivity index (χ0) is 11.6. The Morgan fingerprint density at radius 3 is 2.26 bits per heavy atom. The van der Waals surface area contributed by atoms with Crippen LogP contribution in [0.1, 0.15) is 31.5 Å². The zero-order valence-corrected chi connectivity index (χ0v) is 14.9. The second kappa shape index (κ2) is 9.37. The van der Waals surface area contributed by atoms with E-state index < -0.39 is 0 Å². The molecule has 7 heteroatoms. The van der Waals surface area contributed by atoms with Gasteiger partial charge in [-0.25, -0.2) is 4.98 Å². The first-order valence-corrected chi connectivity index (χ1v) is 6.81. The minimum absolute atomic E-state index is 0. The van der Waals surface area contributed by atoms with Crippen LogP contribution in [-0.2, 0) is 12.0 Å². The molecule has 114 valence electrons. The van der Waals surface area contributed by atoms with E-state index in [2.05, 4.69) is 36.4 Å². The number of piperazine rings is 1. The first kappa shape index (κ1) is 21.7. The minimum Gasteiger partial charge on any atom is -0.314 e. The summed E-state index contributed by atoms with van der Waals surface area (Å²) in [7, 11) is 0. The third-order valence-corrected chi connectivity index (χ3v) is 3.72. The summed E-state index contributed by atoms with van der Waals surface area (Å²) in [5, 5.41) is 6.83. The third kappa shape index (κ3) is 6.61. The Kier molecular flexibility index (Phi) is 10.7. The highest BCUT2D eigenvalue weighted by molar-refractivity contribution is 7.09. The number of nitrogens with zero attached hydrogens (tertiary/aromatic N) is 2. The van der Waals surface area contributed by atoms with Crippen LogP contribution >= 0.6 is 48.6 Å². The van der Waals surface area contributed by atoms with Crippen LogP contribution < -0.4 is 5.32 Å². The van der Waals surface area contributed by atoms with Gasteiger partial charge in [0.15, 0.2) is 0 Å². The molecular formula is C12H24Cl3N3S. The molecule has 0 atom stereocenters. The topological polar surface area (TPSA) is 28.2 Å². The average Bonchev–Trinajstić information content (AvgIpc) is 2.67. The van der Waals surface area contributed by atoms with E-state index in [1.165, 1.54) is 10.7 Å². The summed E-state index contributed by atoms with van der Waals surface area (Å²) >= 11 is 1.80. The maximum atomic E-state index is 4.73. The van der Waals surface area contributed by atoms with Crippen molar-refractivity contribution in [1.29, 1.82) is 0 Å². The van der Waals surface area contributed by atoms with Gasteiger partial charge in [-0.05, 0) is 0 Å². The van der Waals surface area contributed by atoms with E-state index in [1.54, 1.807) is 11.3 Å². The van der Waals surface area contributed by atoms with Crippen molar-refractivity contribution >= 4 is 48.6 Å². The molecule has 3 nitrogen and oxygen atoms in total. The highest BCUT2D eigenvalue weighted by Crippen LogP contribution is 2.24. The van der Waals surface area contributed by atoms with Crippen LogP contribution in [0.2, 0.25) is 0 Å². The predicted octanol–water partition coefficient (Wildman–Crippen LogP) is 3.11. The molecule has 1 fully saturated rings. The smallest absolute Gasteiger partial charge is 0.107 e. The lowest BCUT2D eigenvalue weighted by molar-refractivity contribution is 0.232. The number of hydrogen-bond donors (Lipinski definition) is 1. The van der Waals surface area contributed by atoms with Crippen LogP contribution in [0, 0.1) is 0 Å². The molecule has 1 aliphatic heterocycles. The van der Waals surface area contributed by atoms with E-state index in [4.69, 9.17) is 4.98 Å². The van der Waals surface area contributed by atoms with Crippen molar-refractivity contribution in [2.75, 3.05) is 26.2 Å². The van der Waals surface area contributed by atoms with Crippen molar-refractivity contribution in [2.24, 2.45) is 0 Å². The SMILES string of the molecule is CC(C)(C)c1csc(CN2CCNCC2)n1.Cl.Cl.Cl. The lowest BCUT2D eigenvalue weighted by Crippen LogP contribution is -2.42. The number of aromatic nitrogens is 1. The van der Waals surface area contributed by atoms with Gasteiger partial charge in [0.1, 0.15) is 5.01 Å². The minimum atomic E-state index is 0. The lowest BCUT2D eigenvalue weighted by atomic mass is 9.93. The molecule has 0 saturated carbocycles. The normalized spacial score (nSPS) is 15.9. The Labute approximate surface area is 138 Å². The van der Waals surface area contributed by atoms with Gasteiger partial charge in [-0.1, -0.05) is 20.8 Å². The highest BCUT2D eigenvalue weighted by Gasteiger charge is 2.18.